The van der Waals surface area contributed by atoms with Gasteiger partial charge in [0.15, 0.2) is 0 Å². The molecule has 2 aliphatic rings. The lowest BCUT2D eigenvalue weighted by molar-refractivity contribution is 0.169. The summed E-state index contributed by atoms with van der Waals surface area (Å²) in [5.74, 6) is 0.870. The zero-order chi connectivity index (χ0) is 16.9. The van der Waals surface area contributed by atoms with Gasteiger partial charge in [-0.05, 0) is 87.3 Å². The number of nitrogens with zero attached hydrogens (tertiary/aromatic N) is 4. The lowest BCUT2D eigenvalue weighted by Gasteiger charge is -2.31. The number of aryl methyl sites for hydroxylation is 1. The van der Waals surface area contributed by atoms with Gasteiger partial charge in [-0.3, -0.25) is 14.5 Å². The Morgan fingerprint density at radius 3 is 2.60 bits per heavy atom. The fourth-order valence-electron chi connectivity index (χ4n) is 4.19. The van der Waals surface area contributed by atoms with Crippen molar-refractivity contribution in [3.05, 3.63) is 40.3 Å². The predicted molar refractivity (Wildman–Crippen MR) is 104 cm³/mol. The summed E-state index contributed by atoms with van der Waals surface area (Å²) in [6.07, 6.45) is 10.7. The second kappa shape index (κ2) is 8.47. The van der Waals surface area contributed by atoms with Crippen molar-refractivity contribution in [2.45, 2.75) is 51.7 Å². The van der Waals surface area contributed by atoms with Crippen molar-refractivity contribution in [1.82, 2.24) is 19.6 Å². The molecule has 0 aliphatic carbocycles. The van der Waals surface area contributed by atoms with Gasteiger partial charge >= 0.3 is 0 Å². The largest absolute Gasteiger partial charge is 0.299 e. The summed E-state index contributed by atoms with van der Waals surface area (Å²) in [4.78, 5) is 6.79. The van der Waals surface area contributed by atoms with Crippen LogP contribution in [0.4, 0.5) is 0 Å². The van der Waals surface area contributed by atoms with Crippen LogP contribution in [-0.2, 0) is 19.6 Å². The number of rotatable bonds is 7. The van der Waals surface area contributed by atoms with Crippen LogP contribution < -0.4 is 0 Å². The highest BCUT2D eigenvalue weighted by Crippen LogP contribution is 2.25. The van der Waals surface area contributed by atoms with Crippen LogP contribution in [0.3, 0.4) is 0 Å². The van der Waals surface area contributed by atoms with Crippen LogP contribution in [0.5, 0.6) is 0 Å². The van der Waals surface area contributed by atoms with Crippen molar-refractivity contribution in [3.63, 3.8) is 0 Å². The maximum atomic E-state index is 4.31. The van der Waals surface area contributed by atoms with Gasteiger partial charge in [0.05, 0.1) is 0 Å². The Labute approximate surface area is 155 Å². The normalized spacial score (nSPS) is 20.5. The van der Waals surface area contributed by atoms with E-state index in [1.165, 1.54) is 63.8 Å². The van der Waals surface area contributed by atoms with Crippen molar-refractivity contribution >= 4 is 11.3 Å². The number of likely N-dealkylation sites (tertiary alicyclic amines) is 2. The molecule has 5 heteroatoms. The van der Waals surface area contributed by atoms with Crippen LogP contribution in [0.25, 0.3) is 0 Å². The molecule has 0 radical (unpaired) electrons. The van der Waals surface area contributed by atoms with E-state index in [-0.39, 0.29) is 0 Å². The van der Waals surface area contributed by atoms with Gasteiger partial charge in [-0.15, -0.1) is 11.3 Å². The minimum absolute atomic E-state index is 0.870. The minimum Gasteiger partial charge on any atom is -0.299 e. The molecule has 0 saturated carbocycles. The first-order valence-electron chi connectivity index (χ1n) is 9.83. The molecule has 2 fully saturated rings. The molecule has 2 saturated heterocycles. The predicted octanol–water partition coefficient (Wildman–Crippen LogP) is 3.84. The molecule has 2 aromatic rings. The van der Waals surface area contributed by atoms with Crippen LogP contribution in [0, 0.1) is 5.92 Å². The summed E-state index contributed by atoms with van der Waals surface area (Å²) in [7, 11) is 0. The van der Waals surface area contributed by atoms with E-state index in [0.717, 1.165) is 25.6 Å². The molecule has 0 unspecified atom stereocenters. The van der Waals surface area contributed by atoms with E-state index < -0.39 is 0 Å². The van der Waals surface area contributed by atoms with Gasteiger partial charge in [0, 0.05) is 36.9 Å². The third-order valence-electron chi connectivity index (χ3n) is 5.73. The first-order valence-corrected chi connectivity index (χ1v) is 10.7. The molecule has 0 aromatic carbocycles. The molecule has 2 aliphatic heterocycles. The van der Waals surface area contributed by atoms with Gasteiger partial charge in [-0.1, -0.05) is 0 Å². The maximum Gasteiger partial charge on any atom is 0.0489 e. The van der Waals surface area contributed by atoms with Gasteiger partial charge in [0.2, 0.25) is 0 Å². The molecule has 136 valence electrons. The summed E-state index contributed by atoms with van der Waals surface area (Å²) in [6.45, 7) is 8.46. The van der Waals surface area contributed by atoms with Crippen LogP contribution in [-0.4, -0.2) is 45.8 Å². The van der Waals surface area contributed by atoms with Crippen molar-refractivity contribution in [3.8, 4) is 0 Å². The van der Waals surface area contributed by atoms with Crippen LogP contribution >= 0.6 is 11.3 Å². The summed E-state index contributed by atoms with van der Waals surface area (Å²) in [6, 6.07) is 4.47. The Morgan fingerprint density at radius 2 is 1.84 bits per heavy atom. The smallest absolute Gasteiger partial charge is 0.0489 e. The lowest BCUT2D eigenvalue weighted by Crippen LogP contribution is -2.33. The molecule has 0 spiro atoms. The fourth-order valence-corrected chi connectivity index (χ4v) is 5.11. The van der Waals surface area contributed by atoms with Crippen LogP contribution in [0.15, 0.2) is 29.9 Å². The topological polar surface area (TPSA) is 24.3 Å². The number of aromatic nitrogens is 2. The molecular formula is C20H30N4S. The molecule has 4 heterocycles. The molecule has 0 atom stereocenters. The van der Waals surface area contributed by atoms with E-state index in [4.69, 9.17) is 0 Å². The average molecular weight is 359 g/mol. The molecule has 4 rings (SSSR count). The number of hydrogen-bond acceptors (Lipinski definition) is 4. The molecular weight excluding hydrogens is 328 g/mol. The first-order chi connectivity index (χ1) is 12.3. The highest BCUT2D eigenvalue weighted by Gasteiger charge is 2.20. The fraction of sp³-hybridized carbons (Fsp3) is 0.650. The van der Waals surface area contributed by atoms with Crippen molar-refractivity contribution < 1.29 is 0 Å². The first kappa shape index (κ1) is 17.3. The Morgan fingerprint density at radius 1 is 1.04 bits per heavy atom. The van der Waals surface area contributed by atoms with Crippen molar-refractivity contribution in [1.29, 1.82) is 0 Å². The summed E-state index contributed by atoms with van der Waals surface area (Å²) in [5, 5.41) is 6.69. The van der Waals surface area contributed by atoms with E-state index >= 15 is 0 Å². The maximum absolute atomic E-state index is 4.31. The highest BCUT2D eigenvalue weighted by molar-refractivity contribution is 7.10. The second-order valence-electron chi connectivity index (χ2n) is 7.68. The standard InChI is InChI=1S/C20H30N4S/c1-2-9-22(8-1)15-19-14-20(25-17-19)16-23-11-4-18(5-12-23)6-13-24-10-3-7-21-24/h3,7,10,14,17-18H,1-2,4-6,8-9,11-13,15-16H2. The zero-order valence-electron chi connectivity index (χ0n) is 15.1. The minimum atomic E-state index is 0.870. The van der Waals surface area contributed by atoms with Crippen molar-refractivity contribution in [2.24, 2.45) is 5.92 Å². The highest BCUT2D eigenvalue weighted by atomic mass is 32.1. The van der Waals surface area contributed by atoms with Gasteiger partial charge in [-0.25, -0.2) is 0 Å². The van der Waals surface area contributed by atoms with Gasteiger partial charge < -0.3 is 0 Å². The molecule has 0 bridgehead atoms. The molecule has 0 amide bonds. The Balaban J connectivity index is 1.18. The average Bonchev–Trinajstić information content (AvgIpc) is 3.38. The van der Waals surface area contributed by atoms with Crippen molar-refractivity contribution in [2.75, 3.05) is 26.2 Å². The van der Waals surface area contributed by atoms with Gasteiger partial charge in [0.1, 0.15) is 0 Å². The third-order valence-corrected chi connectivity index (χ3v) is 6.70. The van der Waals surface area contributed by atoms with E-state index in [0.29, 0.717) is 0 Å². The summed E-state index contributed by atoms with van der Waals surface area (Å²) in [5.41, 5.74) is 1.52. The summed E-state index contributed by atoms with van der Waals surface area (Å²) < 4.78 is 2.07. The summed E-state index contributed by atoms with van der Waals surface area (Å²) >= 11 is 1.96. The van der Waals surface area contributed by atoms with Gasteiger partial charge in [-0.2, -0.15) is 5.10 Å². The second-order valence-corrected chi connectivity index (χ2v) is 8.68. The molecule has 0 N–H and O–H groups in total. The molecule has 25 heavy (non-hydrogen) atoms. The Hall–Kier alpha value is -1.17. The van der Waals surface area contributed by atoms with E-state index in [1.54, 1.807) is 4.88 Å². The monoisotopic (exact) mass is 358 g/mol. The zero-order valence-corrected chi connectivity index (χ0v) is 16.0. The Kier molecular flexibility index (Phi) is 5.85. The van der Waals surface area contributed by atoms with Gasteiger partial charge in [0.25, 0.3) is 0 Å². The Bertz CT molecular complexity index is 622. The van der Waals surface area contributed by atoms with E-state index in [2.05, 4.69) is 37.2 Å². The number of thiophene rings is 1. The lowest BCUT2D eigenvalue weighted by atomic mass is 9.93. The number of hydrogen-bond donors (Lipinski definition) is 0. The SMILES string of the molecule is c1cnn(CCC2CCN(Cc3cc(CN4CCCC4)cs3)CC2)c1. The third kappa shape index (κ3) is 4.93. The van der Waals surface area contributed by atoms with E-state index in [9.17, 15) is 0 Å². The molecule has 2 aromatic heterocycles. The van der Waals surface area contributed by atoms with Crippen LogP contribution in [0.1, 0.15) is 42.5 Å². The quantitative estimate of drug-likeness (QED) is 0.751. The van der Waals surface area contributed by atoms with E-state index in [1.807, 2.05) is 23.6 Å². The number of piperidine rings is 1. The van der Waals surface area contributed by atoms with Crippen LogP contribution in [0.2, 0.25) is 0 Å². The molecule has 4 nitrogen and oxygen atoms in total.